The summed E-state index contributed by atoms with van der Waals surface area (Å²) in [6.45, 7) is 11.1. The number of alkyl carbamates (subject to hydrolysis) is 1. The van der Waals surface area contributed by atoms with Gasteiger partial charge in [0.1, 0.15) is 23.4 Å². The lowest BCUT2D eigenvalue weighted by Gasteiger charge is -2.35. The van der Waals surface area contributed by atoms with E-state index in [0.717, 1.165) is 24.0 Å². The van der Waals surface area contributed by atoms with Crippen molar-refractivity contribution in [2.75, 3.05) is 11.9 Å². The van der Waals surface area contributed by atoms with Crippen molar-refractivity contribution in [3.63, 3.8) is 0 Å². The summed E-state index contributed by atoms with van der Waals surface area (Å²) in [7, 11) is 0. The topological polar surface area (TPSA) is 108 Å². The number of rotatable bonds is 12. The molecule has 0 aliphatic carbocycles. The molecular weight excluding hydrogens is 578 g/mol. The average molecular weight is 622 g/mol. The predicted octanol–water partition coefficient (Wildman–Crippen LogP) is 7.50. The number of carbonyl (C=O) groups is 3. The molecule has 2 unspecified atom stereocenters. The third-order valence-corrected chi connectivity index (χ3v) is 7.47. The largest absolute Gasteiger partial charge is 0.507 e. The molecule has 2 atom stereocenters. The van der Waals surface area contributed by atoms with E-state index in [2.05, 4.69) is 10.6 Å². The Labute approximate surface area is 265 Å². The van der Waals surface area contributed by atoms with E-state index in [9.17, 15) is 19.5 Å². The Morgan fingerprint density at radius 1 is 0.932 bits per heavy atom. The normalized spacial score (nSPS) is 12.6. The molecule has 3 amide bonds. The molecule has 0 heterocycles. The van der Waals surface area contributed by atoms with E-state index in [4.69, 9.17) is 16.3 Å². The second-order valence-electron chi connectivity index (χ2n) is 12.0. The smallest absolute Gasteiger partial charge is 0.408 e. The van der Waals surface area contributed by atoms with Gasteiger partial charge in [0.2, 0.25) is 5.91 Å². The Hall–Kier alpha value is -4.04. The SMILES string of the molecule is CCCCCN(C(=O)C(Cc1ccccc1)NC(=O)OC(C)(C)C)C(C(=O)Nc1c(C)cccc1Cl)c1cccc(C)c1O. The molecule has 0 fully saturated rings. The van der Waals surface area contributed by atoms with Gasteiger partial charge in [0.15, 0.2) is 0 Å². The predicted molar refractivity (Wildman–Crippen MR) is 175 cm³/mol. The summed E-state index contributed by atoms with van der Waals surface area (Å²) in [5.74, 6) is -1.10. The van der Waals surface area contributed by atoms with E-state index >= 15 is 0 Å². The van der Waals surface area contributed by atoms with Crippen LogP contribution in [-0.2, 0) is 20.7 Å². The van der Waals surface area contributed by atoms with Crippen molar-refractivity contribution < 1.29 is 24.2 Å². The minimum absolute atomic E-state index is 0.0865. The lowest BCUT2D eigenvalue weighted by Crippen LogP contribution is -2.53. The Bertz CT molecular complexity index is 1420. The third-order valence-electron chi connectivity index (χ3n) is 7.15. The van der Waals surface area contributed by atoms with Gasteiger partial charge in [-0.2, -0.15) is 0 Å². The first kappa shape index (κ1) is 34.5. The fourth-order valence-electron chi connectivity index (χ4n) is 4.93. The monoisotopic (exact) mass is 621 g/mol. The fraction of sp³-hybridized carbons (Fsp3) is 0.400. The lowest BCUT2D eigenvalue weighted by molar-refractivity contribution is -0.141. The molecular formula is C35H44ClN3O5. The quantitative estimate of drug-likeness (QED) is 0.182. The number of halogens is 1. The zero-order valence-electron chi connectivity index (χ0n) is 26.4. The van der Waals surface area contributed by atoms with Crippen LogP contribution < -0.4 is 10.6 Å². The summed E-state index contributed by atoms with van der Waals surface area (Å²) < 4.78 is 5.51. The number of aromatic hydroxyl groups is 1. The van der Waals surface area contributed by atoms with Crippen molar-refractivity contribution in [3.8, 4) is 5.75 Å². The Morgan fingerprint density at radius 3 is 2.23 bits per heavy atom. The van der Waals surface area contributed by atoms with Crippen LogP contribution in [0.2, 0.25) is 5.02 Å². The van der Waals surface area contributed by atoms with Gasteiger partial charge in [-0.25, -0.2) is 4.79 Å². The van der Waals surface area contributed by atoms with Crippen molar-refractivity contribution in [1.29, 1.82) is 0 Å². The zero-order valence-corrected chi connectivity index (χ0v) is 27.2. The first-order valence-electron chi connectivity index (χ1n) is 15.0. The van der Waals surface area contributed by atoms with Crippen molar-refractivity contribution in [1.82, 2.24) is 10.2 Å². The minimum atomic E-state index is -1.23. The first-order valence-corrected chi connectivity index (χ1v) is 15.4. The highest BCUT2D eigenvalue weighted by Crippen LogP contribution is 2.35. The van der Waals surface area contributed by atoms with E-state index in [-0.39, 0.29) is 24.3 Å². The van der Waals surface area contributed by atoms with Crippen LogP contribution >= 0.6 is 11.6 Å². The average Bonchev–Trinajstić information content (AvgIpc) is 2.95. The second kappa shape index (κ2) is 15.6. The van der Waals surface area contributed by atoms with Gasteiger partial charge in [0.25, 0.3) is 5.91 Å². The number of carbonyl (C=O) groups excluding carboxylic acids is 3. The van der Waals surface area contributed by atoms with Gasteiger partial charge in [-0.1, -0.05) is 92.0 Å². The van der Waals surface area contributed by atoms with Gasteiger partial charge in [0.05, 0.1) is 10.7 Å². The first-order chi connectivity index (χ1) is 20.8. The zero-order chi connectivity index (χ0) is 32.4. The van der Waals surface area contributed by atoms with Gasteiger partial charge >= 0.3 is 6.09 Å². The number of anilines is 1. The van der Waals surface area contributed by atoms with Gasteiger partial charge in [0, 0.05) is 18.5 Å². The van der Waals surface area contributed by atoms with E-state index in [1.165, 1.54) is 4.90 Å². The van der Waals surface area contributed by atoms with Crippen LogP contribution in [0, 0.1) is 13.8 Å². The van der Waals surface area contributed by atoms with Gasteiger partial charge in [-0.15, -0.1) is 0 Å². The van der Waals surface area contributed by atoms with Crippen LogP contribution in [-0.4, -0.2) is 46.1 Å². The molecule has 9 heteroatoms. The number of ether oxygens (including phenoxy) is 1. The Morgan fingerprint density at radius 2 is 1.59 bits per heavy atom. The highest BCUT2D eigenvalue weighted by Gasteiger charge is 2.38. The summed E-state index contributed by atoms with van der Waals surface area (Å²) in [6, 6.07) is 17.4. The highest BCUT2D eigenvalue weighted by atomic mass is 35.5. The van der Waals surface area contributed by atoms with Crippen LogP contribution in [0.5, 0.6) is 5.75 Å². The summed E-state index contributed by atoms with van der Waals surface area (Å²) in [5, 5.41) is 17.2. The summed E-state index contributed by atoms with van der Waals surface area (Å²) in [6.07, 6.45) is 1.72. The van der Waals surface area contributed by atoms with Crippen molar-refractivity contribution >= 4 is 35.2 Å². The van der Waals surface area contributed by atoms with Gasteiger partial charge < -0.3 is 25.4 Å². The number of hydrogen-bond acceptors (Lipinski definition) is 5. The molecule has 0 aliphatic rings. The molecule has 0 saturated heterocycles. The third kappa shape index (κ3) is 9.48. The molecule has 0 bridgehead atoms. The molecule has 44 heavy (non-hydrogen) atoms. The molecule has 0 radical (unpaired) electrons. The summed E-state index contributed by atoms with van der Waals surface area (Å²) in [4.78, 5) is 43.3. The maximum atomic E-state index is 14.6. The van der Waals surface area contributed by atoms with Crippen LogP contribution in [0.4, 0.5) is 10.5 Å². The number of para-hydroxylation sites is 2. The van der Waals surface area contributed by atoms with Crippen LogP contribution in [0.15, 0.2) is 66.7 Å². The van der Waals surface area contributed by atoms with Crippen LogP contribution in [0.1, 0.15) is 75.3 Å². The maximum Gasteiger partial charge on any atom is 0.408 e. The number of nitrogens with zero attached hydrogens (tertiary/aromatic N) is 1. The number of benzene rings is 3. The number of hydrogen-bond donors (Lipinski definition) is 3. The molecule has 0 aliphatic heterocycles. The number of phenols is 1. The Balaban J connectivity index is 2.14. The number of phenolic OH excluding ortho intramolecular Hbond substituents is 1. The molecule has 3 N–H and O–H groups in total. The molecule has 3 aromatic rings. The van der Waals surface area contributed by atoms with E-state index in [0.29, 0.717) is 22.7 Å². The van der Waals surface area contributed by atoms with Gasteiger partial charge in [-0.05, 0) is 63.8 Å². The lowest BCUT2D eigenvalue weighted by atomic mass is 9.97. The molecule has 3 rings (SSSR count). The van der Waals surface area contributed by atoms with Crippen molar-refractivity contribution in [2.24, 2.45) is 0 Å². The van der Waals surface area contributed by atoms with Crippen LogP contribution in [0.3, 0.4) is 0 Å². The number of unbranched alkanes of at least 4 members (excludes halogenated alkanes) is 2. The maximum absolute atomic E-state index is 14.6. The van der Waals surface area contributed by atoms with Crippen LogP contribution in [0.25, 0.3) is 0 Å². The number of amides is 3. The van der Waals surface area contributed by atoms with E-state index < -0.39 is 35.6 Å². The molecule has 0 aromatic heterocycles. The van der Waals surface area contributed by atoms with Gasteiger partial charge in [-0.3, -0.25) is 9.59 Å². The molecule has 0 spiro atoms. The molecule has 3 aromatic carbocycles. The Kier molecular flexibility index (Phi) is 12.2. The molecule has 236 valence electrons. The summed E-state index contributed by atoms with van der Waals surface area (Å²) in [5.41, 5.74) is 2.03. The number of nitrogens with one attached hydrogen (secondary N) is 2. The number of aryl methyl sites for hydroxylation is 2. The second-order valence-corrected chi connectivity index (χ2v) is 12.4. The van der Waals surface area contributed by atoms with Crippen molar-refractivity contribution in [3.05, 3.63) is 94.0 Å². The highest BCUT2D eigenvalue weighted by molar-refractivity contribution is 6.34. The molecule has 8 nitrogen and oxygen atoms in total. The van der Waals surface area contributed by atoms with E-state index in [1.807, 2.05) is 50.2 Å². The minimum Gasteiger partial charge on any atom is -0.507 e. The standard InChI is InChI=1S/C35H44ClN3O5/c1-7-8-12-21-39(33(42)28(22-25-17-10-9-11-18-25)37-34(43)44-35(4,5)6)30(26-19-13-16-24(3)31(26)40)32(41)38-29-23(2)15-14-20-27(29)36/h9-11,13-20,28,30,40H,7-8,12,21-22H2,1-6H3,(H,37,43)(H,38,41). The molecule has 0 saturated carbocycles. The van der Waals surface area contributed by atoms with Crippen molar-refractivity contribution in [2.45, 2.75) is 84.9 Å². The summed E-state index contributed by atoms with van der Waals surface area (Å²) >= 11 is 6.47. The fourth-order valence-corrected chi connectivity index (χ4v) is 5.20. The van der Waals surface area contributed by atoms with E-state index in [1.54, 1.807) is 58.0 Å².